The molecule has 2 N–H and O–H groups in total. The summed E-state index contributed by atoms with van der Waals surface area (Å²) >= 11 is 0. The topological polar surface area (TPSA) is 56.2 Å². The Balaban J connectivity index is 1.95. The highest BCUT2D eigenvalue weighted by Gasteiger charge is 2.07. The first kappa shape index (κ1) is 11.8. The van der Waals surface area contributed by atoms with Gasteiger partial charge in [-0.05, 0) is 29.8 Å². The van der Waals surface area contributed by atoms with Gasteiger partial charge >= 0.3 is 0 Å². The molecule has 0 aliphatic rings. The molecule has 0 spiro atoms. The van der Waals surface area contributed by atoms with Crippen molar-refractivity contribution in [3.8, 4) is 0 Å². The predicted octanol–water partition coefficient (Wildman–Crippen LogP) is 1.92. The van der Waals surface area contributed by atoms with Crippen LogP contribution in [-0.2, 0) is 13.0 Å². The number of benzene rings is 1. The molecule has 0 aliphatic carbocycles. The van der Waals surface area contributed by atoms with Gasteiger partial charge < -0.3 is 5.73 Å². The summed E-state index contributed by atoms with van der Waals surface area (Å²) in [5, 5.41) is 4.43. The Labute approximate surface area is 109 Å². The van der Waals surface area contributed by atoms with Crippen LogP contribution in [0.5, 0.6) is 0 Å². The Morgan fingerprint density at radius 3 is 2.63 bits per heavy atom. The lowest BCUT2D eigenvalue weighted by Gasteiger charge is -1.98. The molecule has 2 heterocycles. The van der Waals surface area contributed by atoms with E-state index >= 15 is 0 Å². The minimum atomic E-state index is -0.239. The maximum atomic E-state index is 12.8. The van der Waals surface area contributed by atoms with Crippen LogP contribution in [0, 0.1) is 5.82 Å². The average Bonchev–Trinajstić information content (AvgIpc) is 2.83. The zero-order chi connectivity index (χ0) is 13.2. The summed E-state index contributed by atoms with van der Waals surface area (Å²) in [4.78, 5) is 4.44. The molecule has 19 heavy (non-hydrogen) atoms. The highest BCUT2D eigenvalue weighted by atomic mass is 19.1. The summed E-state index contributed by atoms with van der Waals surface area (Å²) in [5.41, 5.74) is 8.33. The second kappa shape index (κ2) is 4.78. The number of nitrogens with two attached hydrogens (primary N) is 1. The Bertz CT molecular complexity index is 703. The van der Waals surface area contributed by atoms with Gasteiger partial charge in [0.25, 0.3) is 0 Å². The summed E-state index contributed by atoms with van der Waals surface area (Å²) in [7, 11) is 0. The second-order valence-electron chi connectivity index (χ2n) is 4.32. The van der Waals surface area contributed by atoms with Crippen molar-refractivity contribution in [3.05, 3.63) is 65.4 Å². The number of nitrogens with zero attached hydrogens (tertiary/aromatic N) is 3. The molecule has 0 bridgehead atoms. The van der Waals surface area contributed by atoms with Crippen LogP contribution in [0.25, 0.3) is 5.65 Å². The number of rotatable bonds is 3. The number of halogens is 1. The molecule has 4 nitrogen and oxygen atoms in total. The number of aromatic nitrogens is 3. The lowest BCUT2D eigenvalue weighted by molar-refractivity contribution is 0.627. The van der Waals surface area contributed by atoms with Crippen molar-refractivity contribution in [2.75, 3.05) is 0 Å². The quantitative estimate of drug-likeness (QED) is 0.779. The molecule has 0 saturated heterocycles. The summed E-state index contributed by atoms with van der Waals surface area (Å²) in [6, 6.07) is 12.1. The van der Waals surface area contributed by atoms with Crippen LogP contribution >= 0.6 is 0 Å². The van der Waals surface area contributed by atoms with Gasteiger partial charge in [0, 0.05) is 13.0 Å². The van der Waals surface area contributed by atoms with E-state index in [9.17, 15) is 4.39 Å². The number of pyridine rings is 1. The highest BCUT2D eigenvalue weighted by Crippen LogP contribution is 2.10. The van der Waals surface area contributed by atoms with Gasteiger partial charge in [-0.3, -0.25) is 0 Å². The normalized spacial score (nSPS) is 11.1. The van der Waals surface area contributed by atoms with Crippen molar-refractivity contribution in [1.29, 1.82) is 0 Å². The van der Waals surface area contributed by atoms with E-state index in [-0.39, 0.29) is 5.82 Å². The van der Waals surface area contributed by atoms with Crippen LogP contribution in [-0.4, -0.2) is 14.6 Å². The Morgan fingerprint density at radius 1 is 1.11 bits per heavy atom. The van der Waals surface area contributed by atoms with E-state index in [1.807, 2.05) is 18.2 Å². The van der Waals surface area contributed by atoms with Gasteiger partial charge in [-0.15, -0.1) is 0 Å². The lowest BCUT2D eigenvalue weighted by atomic mass is 10.1. The van der Waals surface area contributed by atoms with E-state index in [2.05, 4.69) is 10.1 Å². The van der Waals surface area contributed by atoms with E-state index < -0.39 is 0 Å². The fourth-order valence-corrected chi connectivity index (χ4v) is 2.02. The molecule has 2 aromatic heterocycles. The molecule has 0 atom stereocenters. The highest BCUT2D eigenvalue weighted by molar-refractivity contribution is 5.39. The SMILES string of the molecule is NCc1cccc2nc(Cc3ccc(F)cc3)nn12. The molecule has 3 rings (SSSR count). The average molecular weight is 256 g/mol. The second-order valence-corrected chi connectivity index (χ2v) is 4.32. The van der Waals surface area contributed by atoms with Crippen LogP contribution in [0.1, 0.15) is 17.1 Å². The van der Waals surface area contributed by atoms with Gasteiger partial charge in [-0.1, -0.05) is 18.2 Å². The third-order valence-electron chi connectivity index (χ3n) is 2.97. The number of hydrogen-bond acceptors (Lipinski definition) is 3. The van der Waals surface area contributed by atoms with Crippen LogP contribution in [0.4, 0.5) is 4.39 Å². The molecule has 0 amide bonds. The van der Waals surface area contributed by atoms with Gasteiger partial charge in [0.2, 0.25) is 0 Å². The molecular formula is C14H13FN4. The summed E-state index contributed by atoms with van der Waals surface area (Å²) in [6.07, 6.45) is 0.575. The third kappa shape index (κ3) is 2.32. The third-order valence-corrected chi connectivity index (χ3v) is 2.97. The smallest absolute Gasteiger partial charge is 0.156 e. The summed E-state index contributed by atoms with van der Waals surface area (Å²) < 4.78 is 14.6. The minimum absolute atomic E-state index is 0.239. The zero-order valence-corrected chi connectivity index (χ0v) is 10.3. The van der Waals surface area contributed by atoms with Gasteiger partial charge in [-0.2, -0.15) is 5.10 Å². The fraction of sp³-hybridized carbons (Fsp3) is 0.143. The van der Waals surface area contributed by atoms with Gasteiger partial charge in [0.15, 0.2) is 11.5 Å². The van der Waals surface area contributed by atoms with Gasteiger partial charge in [0.05, 0.1) is 5.69 Å². The first-order valence-electron chi connectivity index (χ1n) is 6.04. The molecule has 0 saturated carbocycles. The first-order chi connectivity index (χ1) is 9.26. The molecule has 0 aliphatic heterocycles. The van der Waals surface area contributed by atoms with Crippen LogP contribution in [0.3, 0.4) is 0 Å². The standard InChI is InChI=1S/C14H13FN4/c15-11-6-4-10(5-7-11)8-13-17-14-3-1-2-12(9-16)19(14)18-13/h1-7H,8-9,16H2. The van der Waals surface area contributed by atoms with Crippen molar-refractivity contribution in [3.63, 3.8) is 0 Å². The van der Waals surface area contributed by atoms with Crippen LogP contribution < -0.4 is 5.73 Å². The predicted molar refractivity (Wildman–Crippen MR) is 70.1 cm³/mol. The number of hydrogen-bond donors (Lipinski definition) is 1. The first-order valence-corrected chi connectivity index (χ1v) is 6.04. The van der Waals surface area contributed by atoms with E-state index in [1.54, 1.807) is 16.6 Å². The zero-order valence-electron chi connectivity index (χ0n) is 10.3. The van der Waals surface area contributed by atoms with Crippen molar-refractivity contribution in [1.82, 2.24) is 14.6 Å². The van der Waals surface area contributed by atoms with Crippen molar-refractivity contribution >= 4 is 5.65 Å². The maximum absolute atomic E-state index is 12.8. The maximum Gasteiger partial charge on any atom is 0.156 e. The molecular weight excluding hydrogens is 243 g/mol. The van der Waals surface area contributed by atoms with E-state index in [4.69, 9.17) is 5.73 Å². The fourth-order valence-electron chi connectivity index (χ4n) is 2.02. The van der Waals surface area contributed by atoms with E-state index in [1.165, 1.54) is 12.1 Å². The van der Waals surface area contributed by atoms with Gasteiger partial charge in [-0.25, -0.2) is 13.9 Å². The molecule has 1 aromatic carbocycles. The molecule has 0 radical (unpaired) electrons. The van der Waals surface area contributed by atoms with E-state index in [0.29, 0.717) is 18.8 Å². The molecule has 0 unspecified atom stereocenters. The van der Waals surface area contributed by atoms with Crippen molar-refractivity contribution in [2.24, 2.45) is 5.73 Å². The van der Waals surface area contributed by atoms with E-state index in [0.717, 1.165) is 16.9 Å². The Morgan fingerprint density at radius 2 is 1.89 bits per heavy atom. The molecule has 0 fully saturated rings. The van der Waals surface area contributed by atoms with Crippen molar-refractivity contribution < 1.29 is 4.39 Å². The largest absolute Gasteiger partial charge is 0.325 e. The van der Waals surface area contributed by atoms with Gasteiger partial charge in [0.1, 0.15) is 5.82 Å². The molecule has 3 aromatic rings. The van der Waals surface area contributed by atoms with Crippen LogP contribution in [0.2, 0.25) is 0 Å². The Hall–Kier alpha value is -2.27. The summed E-state index contributed by atoms with van der Waals surface area (Å²) in [6.45, 7) is 0.413. The number of fused-ring (bicyclic) bond motifs is 1. The lowest BCUT2D eigenvalue weighted by Crippen LogP contribution is -2.04. The Kier molecular flexibility index (Phi) is 2.97. The van der Waals surface area contributed by atoms with Crippen LogP contribution in [0.15, 0.2) is 42.5 Å². The minimum Gasteiger partial charge on any atom is -0.325 e. The molecule has 5 heteroatoms. The summed E-state index contributed by atoms with van der Waals surface area (Å²) in [5.74, 6) is 0.463. The monoisotopic (exact) mass is 256 g/mol. The molecule has 96 valence electrons. The van der Waals surface area contributed by atoms with Crippen molar-refractivity contribution in [2.45, 2.75) is 13.0 Å².